The first-order valence-corrected chi connectivity index (χ1v) is 19.9. The number of anilines is 4. The molecule has 4 rings (SSSR count). The monoisotopic (exact) mass is 795 g/mol. The standard InChI is InChI=1S/C22H32N4O3S2.C17H21N3O2S/c1-5-20(27)29-15-9-12-23-21(28)26(31-22(30)25-13-7-8-14-25)19-11-10-18(16-17(19)3)24(4)6-2;1-5-18(4)15-9-10-16(13(2)12-15)20(14(3)21)23-17-8-6-7-11-19(17)22/h5,10-11,16H,1,6-9,12-15H2,2-4H3,(H,23,28);6-12H,5H2,1-4H3. The molecule has 3 amide bonds. The van der Waals surface area contributed by atoms with E-state index in [0.717, 1.165) is 95.7 Å². The number of carbonyl (C=O) groups is 3. The van der Waals surface area contributed by atoms with Gasteiger partial charge in [-0.3, -0.25) is 4.79 Å². The van der Waals surface area contributed by atoms with Gasteiger partial charge in [-0.25, -0.2) is 18.2 Å². The molecule has 0 radical (unpaired) electrons. The summed E-state index contributed by atoms with van der Waals surface area (Å²) in [7, 11) is 4.06. The number of ether oxygens (including phenoxy) is 1. The number of aromatic nitrogens is 1. The van der Waals surface area contributed by atoms with Crippen LogP contribution < -0.4 is 28.5 Å². The van der Waals surface area contributed by atoms with E-state index in [-0.39, 0.29) is 18.5 Å². The highest BCUT2D eigenvalue weighted by atomic mass is 32.2. The fraction of sp³-hybridized carbons (Fsp3) is 0.410. The molecule has 12 nitrogen and oxygen atoms in total. The molecular weight excluding hydrogens is 743 g/mol. The number of carbonyl (C=O) groups excluding carboxylic acids is 3. The Morgan fingerprint density at radius 1 is 0.963 bits per heavy atom. The Balaban J connectivity index is 0.000000303. The van der Waals surface area contributed by atoms with Crippen molar-refractivity contribution >= 4 is 81.1 Å². The lowest BCUT2D eigenvalue weighted by atomic mass is 10.1. The highest BCUT2D eigenvalue weighted by Gasteiger charge is 2.25. The summed E-state index contributed by atoms with van der Waals surface area (Å²) < 4.78 is 9.59. The van der Waals surface area contributed by atoms with Gasteiger partial charge in [0.15, 0.2) is 10.5 Å². The number of nitrogens with one attached hydrogen (secondary N) is 1. The van der Waals surface area contributed by atoms with Gasteiger partial charge in [0, 0.05) is 95.3 Å². The van der Waals surface area contributed by atoms with Crippen LogP contribution in [0.3, 0.4) is 0 Å². The van der Waals surface area contributed by atoms with Gasteiger partial charge in [-0.05, 0) is 101 Å². The summed E-state index contributed by atoms with van der Waals surface area (Å²) in [5.41, 5.74) is 5.76. The largest absolute Gasteiger partial charge is 0.618 e. The summed E-state index contributed by atoms with van der Waals surface area (Å²) in [5.74, 6) is -0.592. The lowest BCUT2D eigenvalue weighted by Gasteiger charge is -2.27. The number of hydrogen-bond donors (Lipinski definition) is 1. The molecule has 1 fully saturated rings. The van der Waals surface area contributed by atoms with Crippen molar-refractivity contribution < 1.29 is 23.9 Å². The second-order valence-corrected chi connectivity index (χ2v) is 15.1. The number of amides is 3. The quantitative estimate of drug-likeness (QED) is 0.0359. The lowest BCUT2D eigenvalue weighted by Crippen LogP contribution is -2.39. The van der Waals surface area contributed by atoms with Crippen molar-refractivity contribution in [3.05, 3.63) is 89.8 Å². The number of rotatable bonds is 13. The normalized spacial score (nSPS) is 11.9. The summed E-state index contributed by atoms with van der Waals surface area (Å²) in [4.78, 5) is 42.7. The minimum atomic E-state index is -0.466. The second-order valence-electron chi connectivity index (χ2n) is 12.5. The van der Waals surface area contributed by atoms with E-state index in [4.69, 9.17) is 17.0 Å². The number of pyridine rings is 1. The van der Waals surface area contributed by atoms with Gasteiger partial charge in [0.2, 0.25) is 5.91 Å². The summed E-state index contributed by atoms with van der Waals surface area (Å²) in [6, 6.07) is 16.9. The van der Waals surface area contributed by atoms with Crippen LogP contribution in [0.15, 0.2) is 78.5 Å². The Morgan fingerprint density at radius 2 is 1.54 bits per heavy atom. The number of benzene rings is 2. The summed E-state index contributed by atoms with van der Waals surface area (Å²) in [6.07, 6.45) is 5.30. The molecule has 0 aliphatic carbocycles. The lowest BCUT2D eigenvalue weighted by molar-refractivity contribution is -0.645. The molecule has 2 aromatic carbocycles. The first kappa shape index (κ1) is 43.9. The van der Waals surface area contributed by atoms with Crippen molar-refractivity contribution in [2.24, 2.45) is 0 Å². The fourth-order valence-electron chi connectivity index (χ4n) is 5.24. The molecule has 0 spiro atoms. The first-order valence-electron chi connectivity index (χ1n) is 18.0. The molecular formula is C39H53N7O5S3. The summed E-state index contributed by atoms with van der Waals surface area (Å²) >= 11 is 8.03. The maximum atomic E-state index is 13.1. The zero-order chi connectivity index (χ0) is 39.8. The molecule has 0 unspecified atom stereocenters. The average Bonchev–Trinajstić information content (AvgIpc) is 3.72. The van der Waals surface area contributed by atoms with Gasteiger partial charge in [0.25, 0.3) is 5.03 Å². The van der Waals surface area contributed by atoms with Crippen molar-refractivity contribution in [2.45, 2.75) is 58.9 Å². The van der Waals surface area contributed by atoms with Gasteiger partial charge in [-0.15, -0.1) is 0 Å². The molecule has 0 saturated carbocycles. The van der Waals surface area contributed by atoms with Crippen LogP contribution in [0, 0.1) is 19.1 Å². The minimum Gasteiger partial charge on any atom is -0.618 e. The molecule has 292 valence electrons. The predicted octanol–water partition coefficient (Wildman–Crippen LogP) is 7.26. The highest BCUT2D eigenvalue weighted by Crippen LogP contribution is 2.33. The van der Waals surface area contributed by atoms with Crippen molar-refractivity contribution in [3.63, 3.8) is 0 Å². The Hall–Kier alpha value is -4.47. The van der Waals surface area contributed by atoms with Gasteiger partial charge in [-0.1, -0.05) is 18.8 Å². The van der Waals surface area contributed by atoms with Gasteiger partial charge >= 0.3 is 12.0 Å². The number of esters is 1. The molecule has 1 aromatic heterocycles. The Bertz CT molecular complexity index is 1760. The van der Waals surface area contributed by atoms with Gasteiger partial charge in [0.05, 0.1) is 29.9 Å². The Kier molecular flexibility index (Phi) is 17.9. The van der Waals surface area contributed by atoms with Crippen LogP contribution in [0.2, 0.25) is 0 Å². The molecule has 1 saturated heterocycles. The maximum absolute atomic E-state index is 13.1. The summed E-state index contributed by atoms with van der Waals surface area (Å²) in [6.45, 7) is 17.3. The smallest absolute Gasteiger partial charge is 0.332 e. The zero-order valence-corrected chi connectivity index (χ0v) is 34.8. The second kappa shape index (κ2) is 22.0. The number of aryl methyl sites for hydroxylation is 2. The van der Waals surface area contributed by atoms with Gasteiger partial charge in [-0.2, -0.15) is 4.73 Å². The molecule has 15 heteroatoms. The molecule has 1 N–H and O–H groups in total. The number of likely N-dealkylation sites (tertiary alicyclic amines) is 1. The number of hydrogen-bond acceptors (Lipinski definition) is 10. The zero-order valence-electron chi connectivity index (χ0n) is 32.4. The van der Waals surface area contributed by atoms with Crippen LogP contribution in [0.5, 0.6) is 0 Å². The fourth-order valence-corrected chi connectivity index (χ4v) is 7.45. The van der Waals surface area contributed by atoms with Crippen molar-refractivity contribution in [3.8, 4) is 0 Å². The minimum absolute atomic E-state index is 0.126. The molecule has 2 heterocycles. The Labute approximate surface area is 334 Å². The van der Waals surface area contributed by atoms with Crippen molar-refractivity contribution in [1.29, 1.82) is 0 Å². The van der Waals surface area contributed by atoms with Crippen molar-refractivity contribution in [1.82, 2.24) is 10.2 Å². The van der Waals surface area contributed by atoms with E-state index in [9.17, 15) is 19.6 Å². The average molecular weight is 796 g/mol. The van der Waals surface area contributed by atoms with E-state index >= 15 is 0 Å². The third-order valence-corrected chi connectivity index (χ3v) is 11.2. The van der Waals surface area contributed by atoms with Gasteiger partial charge < -0.3 is 30.0 Å². The first-order chi connectivity index (χ1) is 25.8. The third-order valence-electron chi connectivity index (χ3n) is 8.61. The number of thiocarbonyl (C=S) groups is 1. The van der Waals surface area contributed by atoms with Crippen LogP contribution >= 0.6 is 36.1 Å². The molecule has 0 atom stereocenters. The van der Waals surface area contributed by atoms with Crippen LogP contribution in [0.4, 0.5) is 27.5 Å². The van der Waals surface area contributed by atoms with Crippen LogP contribution in [0.1, 0.15) is 51.2 Å². The molecule has 54 heavy (non-hydrogen) atoms. The number of nitrogens with zero attached hydrogens (tertiary/aromatic N) is 6. The number of urea groups is 1. The van der Waals surface area contributed by atoms with Crippen molar-refractivity contribution in [2.75, 3.05) is 71.8 Å². The van der Waals surface area contributed by atoms with E-state index < -0.39 is 5.97 Å². The summed E-state index contributed by atoms with van der Waals surface area (Å²) in [5, 5.41) is 15.2. The van der Waals surface area contributed by atoms with E-state index in [0.29, 0.717) is 22.3 Å². The van der Waals surface area contributed by atoms with E-state index in [1.54, 1.807) is 26.8 Å². The molecule has 3 aromatic rings. The molecule has 1 aliphatic rings. The maximum Gasteiger partial charge on any atom is 0.332 e. The SMILES string of the molecule is C=CC(=O)OCCCNC(=O)N(SC(=S)N1CCCC1)c1ccc(N(C)CC)cc1C.CCN(C)c1ccc(N(Sc2cccc[n+]2[O-])C(C)=O)c(C)c1. The van der Waals surface area contributed by atoms with E-state index in [1.807, 2.05) is 58.3 Å². The highest BCUT2D eigenvalue weighted by molar-refractivity contribution is 8.24. The molecule has 1 aliphatic heterocycles. The molecule has 0 bridgehead atoms. The van der Waals surface area contributed by atoms with Crippen LogP contribution in [-0.4, -0.2) is 80.6 Å². The third kappa shape index (κ3) is 12.8. The van der Waals surface area contributed by atoms with Crippen LogP contribution in [-0.2, 0) is 14.3 Å². The van der Waals surface area contributed by atoms with E-state index in [1.165, 1.54) is 25.1 Å². The topological polar surface area (TPSA) is 116 Å². The van der Waals surface area contributed by atoms with E-state index in [2.05, 4.69) is 46.5 Å². The Morgan fingerprint density at radius 3 is 2.04 bits per heavy atom. The van der Waals surface area contributed by atoms with Crippen LogP contribution in [0.25, 0.3) is 0 Å². The van der Waals surface area contributed by atoms with Gasteiger partial charge in [0.1, 0.15) is 0 Å². The predicted molar refractivity (Wildman–Crippen MR) is 227 cm³/mol.